The lowest BCUT2D eigenvalue weighted by atomic mass is 9.93. The number of hydrogen-bond acceptors (Lipinski definition) is 9. The number of carboxylic acids is 8. The van der Waals surface area contributed by atoms with E-state index in [2.05, 4.69) is 19.9 Å². The predicted molar refractivity (Wildman–Crippen MR) is 208 cm³/mol. The van der Waals surface area contributed by atoms with Gasteiger partial charge in [-0.25, -0.2) is 36.7 Å². The second-order valence-electron chi connectivity index (χ2n) is 14.9. The Balaban J connectivity index is 2.01. The highest BCUT2D eigenvalue weighted by atomic mass is 19.1. The molecule has 0 aliphatic carbocycles. The van der Waals surface area contributed by atoms with E-state index in [9.17, 15) is 88.0 Å². The Morgan fingerprint density at radius 1 is 0.400 bits per heavy atom. The molecule has 25 heteroatoms. The Bertz CT molecular complexity index is 2500. The number of aromatic amines is 4. The first-order chi connectivity index (χ1) is 30.4. The Morgan fingerprint density at radius 3 is 1.00 bits per heavy atom. The number of aliphatic hydroxyl groups is 1. The first-order valence-electron chi connectivity index (χ1n) is 19.2. The molecule has 0 aliphatic rings. The fourth-order valence-corrected chi connectivity index (χ4v) is 7.68. The number of H-pyrrole nitrogens is 4. The second-order valence-corrected chi connectivity index (χ2v) is 14.9. The lowest BCUT2D eigenvalue weighted by molar-refractivity contribution is -0.143. The summed E-state index contributed by atoms with van der Waals surface area (Å²) < 4.78 is 59.4. The normalized spacial score (nSPS) is 13.2. The molecule has 0 aromatic carbocycles. The molecule has 65 heavy (non-hydrogen) atoms. The lowest BCUT2D eigenvalue weighted by Crippen LogP contribution is -2.20. The van der Waals surface area contributed by atoms with Gasteiger partial charge in [0.15, 0.2) is 0 Å². The van der Waals surface area contributed by atoms with Crippen molar-refractivity contribution in [2.75, 3.05) is 0 Å². The van der Waals surface area contributed by atoms with Crippen LogP contribution in [0.4, 0.5) is 17.6 Å². The van der Waals surface area contributed by atoms with E-state index in [4.69, 9.17) is 5.11 Å². The van der Waals surface area contributed by atoms with Crippen molar-refractivity contribution in [3.8, 4) is 0 Å². The molecule has 352 valence electrons. The fourth-order valence-electron chi connectivity index (χ4n) is 7.68. The van der Waals surface area contributed by atoms with Crippen LogP contribution in [-0.2, 0) is 116 Å². The van der Waals surface area contributed by atoms with Gasteiger partial charge in [0.1, 0.15) is 0 Å². The number of hydrogen-bond donors (Lipinski definition) is 13. The smallest absolute Gasteiger partial charge is 0.338 e. The highest BCUT2D eigenvalue weighted by molar-refractivity contribution is 5.77. The van der Waals surface area contributed by atoms with Crippen molar-refractivity contribution >= 4 is 47.8 Å². The van der Waals surface area contributed by atoms with E-state index in [1.807, 2.05) is 0 Å². The van der Waals surface area contributed by atoms with Crippen LogP contribution >= 0.6 is 0 Å². The lowest BCUT2D eigenvalue weighted by Gasteiger charge is -2.11. The van der Waals surface area contributed by atoms with Crippen molar-refractivity contribution in [1.82, 2.24) is 19.9 Å². The molecule has 4 aromatic heterocycles. The molecule has 4 aromatic rings. The highest BCUT2D eigenvalue weighted by Crippen LogP contribution is 2.33. The van der Waals surface area contributed by atoms with Crippen molar-refractivity contribution in [3.05, 3.63) is 90.6 Å². The van der Waals surface area contributed by atoms with Crippen LogP contribution in [0.3, 0.4) is 0 Å². The minimum absolute atomic E-state index is 0.0281. The maximum atomic E-state index is 15.2. The zero-order chi connectivity index (χ0) is 48.6. The summed E-state index contributed by atoms with van der Waals surface area (Å²) in [5, 5.41) is 86.6. The van der Waals surface area contributed by atoms with Crippen molar-refractivity contribution in [1.29, 1.82) is 0 Å². The maximum absolute atomic E-state index is 15.2. The van der Waals surface area contributed by atoms with E-state index < -0.39 is 150 Å². The van der Waals surface area contributed by atoms with Crippen LogP contribution in [0.1, 0.15) is 84.4 Å². The van der Waals surface area contributed by atoms with Gasteiger partial charge in [-0.3, -0.25) is 19.2 Å². The van der Waals surface area contributed by atoms with E-state index in [0.717, 1.165) is 6.20 Å². The molecule has 4 rings (SSSR count). The number of aliphatic carboxylic acids is 8. The summed E-state index contributed by atoms with van der Waals surface area (Å²) in [6.45, 7) is -0.864. The van der Waals surface area contributed by atoms with Crippen LogP contribution in [0.25, 0.3) is 0 Å². The van der Waals surface area contributed by atoms with Gasteiger partial charge in [0.05, 0.1) is 32.3 Å². The number of carbonyl (C=O) groups is 8. The average Bonchev–Trinajstić information content (AvgIpc) is 3.91. The van der Waals surface area contributed by atoms with Gasteiger partial charge in [0.2, 0.25) is 24.7 Å². The predicted octanol–water partition coefficient (Wildman–Crippen LogP) is 1.63. The average molecular weight is 927 g/mol. The molecule has 21 nitrogen and oxygen atoms in total. The molecule has 4 atom stereocenters. The number of halogens is 4. The van der Waals surface area contributed by atoms with Crippen molar-refractivity contribution < 1.29 is 102 Å². The van der Waals surface area contributed by atoms with E-state index in [1.54, 1.807) is 0 Å². The summed E-state index contributed by atoms with van der Waals surface area (Å²) in [5.41, 5.74) is -2.79. The molecule has 13 N–H and O–H groups in total. The quantitative estimate of drug-likeness (QED) is 0.0378. The number of alkyl halides is 4. The minimum Gasteiger partial charge on any atom is -0.481 e. The summed E-state index contributed by atoms with van der Waals surface area (Å²) in [7, 11) is 0. The SMILES string of the molecule is O=C(O)Cc1c(CC(F)C(=O)O)c[nH]c1Cc1[nH]c(Cc2[nH]c(Cc3[nH]c(CO)c(CC(=O)O)c3CC(F)C(=O)O)c(CC(=O)O)c2CC(F)C(=O)O)c(CC(=O)O)c1CC(F)C(=O)O. The fraction of sp³-hybridized carbons (Fsp3) is 0.400. The van der Waals surface area contributed by atoms with Gasteiger partial charge in [-0.15, -0.1) is 0 Å². The van der Waals surface area contributed by atoms with Crippen LogP contribution in [0.2, 0.25) is 0 Å². The largest absolute Gasteiger partial charge is 0.481 e. The number of aliphatic hydroxyl groups excluding tert-OH is 1. The number of aromatic nitrogens is 4. The third-order valence-electron chi connectivity index (χ3n) is 10.5. The highest BCUT2D eigenvalue weighted by Gasteiger charge is 2.32. The Kier molecular flexibility index (Phi) is 16.4. The Labute approximate surface area is 361 Å². The molecule has 0 amide bonds. The third kappa shape index (κ3) is 12.6. The number of nitrogens with one attached hydrogen (secondary N) is 4. The zero-order valence-electron chi connectivity index (χ0n) is 33.7. The zero-order valence-corrected chi connectivity index (χ0v) is 33.7. The molecule has 0 saturated heterocycles. The number of rotatable bonds is 27. The molecular weight excluding hydrogens is 884 g/mol. The van der Waals surface area contributed by atoms with Gasteiger partial charge in [-0.1, -0.05) is 0 Å². The molecule has 0 fully saturated rings. The van der Waals surface area contributed by atoms with Gasteiger partial charge >= 0.3 is 47.8 Å². The van der Waals surface area contributed by atoms with Crippen LogP contribution in [0.5, 0.6) is 0 Å². The van der Waals surface area contributed by atoms with E-state index in [0.29, 0.717) is 0 Å². The van der Waals surface area contributed by atoms with E-state index >= 15 is 8.78 Å². The van der Waals surface area contributed by atoms with Crippen molar-refractivity contribution in [2.45, 2.75) is 102 Å². The molecule has 0 saturated carbocycles. The monoisotopic (exact) mass is 926 g/mol. The Hall–Kier alpha value is -7.44. The first-order valence-corrected chi connectivity index (χ1v) is 19.2. The van der Waals surface area contributed by atoms with Gasteiger partial charge in [0, 0.05) is 91.0 Å². The van der Waals surface area contributed by atoms with Gasteiger partial charge in [0.25, 0.3) is 0 Å². The van der Waals surface area contributed by atoms with Gasteiger partial charge in [-0.2, -0.15) is 0 Å². The molecule has 0 bridgehead atoms. The van der Waals surface area contributed by atoms with Crippen molar-refractivity contribution in [3.63, 3.8) is 0 Å². The van der Waals surface area contributed by atoms with E-state index in [-0.39, 0.29) is 84.4 Å². The third-order valence-corrected chi connectivity index (χ3v) is 10.5. The van der Waals surface area contributed by atoms with Crippen molar-refractivity contribution in [2.24, 2.45) is 0 Å². The maximum Gasteiger partial charge on any atom is 0.338 e. The molecule has 4 unspecified atom stereocenters. The Morgan fingerprint density at radius 2 is 0.677 bits per heavy atom. The second kappa shape index (κ2) is 21.3. The summed E-state index contributed by atoms with van der Waals surface area (Å²) in [6.07, 6.45) is -18.4. The van der Waals surface area contributed by atoms with E-state index in [1.165, 1.54) is 0 Å². The van der Waals surface area contributed by atoms with Gasteiger partial charge < -0.3 is 65.9 Å². The summed E-state index contributed by atoms with van der Waals surface area (Å²) in [5.74, 6) is -13.8. The van der Waals surface area contributed by atoms with Crippen LogP contribution < -0.4 is 0 Å². The molecule has 0 radical (unpaired) electrons. The summed E-state index contributed by atoms with van der Waals surface area (Å²) in [4.78, 5) is 106. The standard InChI is InChI=1S/C40H42F4N4O17/c41-22(37(58)59)1-14-12-45-26(15(14)5-33(50)51)9-27-16(2-23(42)38(60)61)19(6-34(52)53)30(46-27)10-28-17(3-24(43)39(62)63)20(7-35(54)55)31(47-28)11-29-18(4-25(44)40(64)65)21(8-36(56)57)32(13-49)48-29/h12,22-25,45-49H,1-11,13H2,(H,50,51)(H,52,53)(H,54,55)(H,56,57)(H,58,59)(H,60,61)(H,62,63)(H,64,65). The number of carboxylic acid groups (broad SMARTS) is 8. The van der Waals surface area contributed by atoms with Crippen LogP contribution in [0, 0.1) is 0 Å². The molecule has 0 spiro atoms. The molecule has 4 heterocycles. The van der Waals surface area contributed by atoms with Crippen LogP contribution in [-0.4, -0.2) is 138 Å². The van der Waals surface area contributed by atoms with Crippen LogP contribution in [0.15, 0.2) is 6.20 Å². The molecule has 0 aliphatic heterocycles. The summed E-state index contributed by atoms with van der Waals surface area (Å²) in [6, 6.07) is 0. The molecular formula is C40H42F4N4O17. The topological polar surface area (TPSA) is 382 Å². The van der Waals surface area contributed by atoms with Gasteiger partial charge in [-0.05, 0) is 44.5 Å². The summed E-state index contributed by atoms with van der Waals surface area (Å²) >= 11 is 0. The first kappa shape index (κ1) is 50.2. The minimum atomic E-state index is -2.71.